The van der Waals surface area contributed by atoms with Gasteiger partial charge in [0.05, 0.1) is 18.2 Å². The summed E-state index contributed by atoms with van der Waals surface area (Å²) < 4.78 is 57.5. The maximum Gasteiger partial charge on any atom is 0.416 e. The van der Waals surface area contributed by atoms with E-state index in [1.54, 1.807) is 0 Å². The maximum absolute atomic E-state index is 13.8. The van der Waals surface area contributed by atoms with Gasteiger partial charge >= 0.3 is 12.1 Å². The number of benzene rings is 1. The first-order valence-corrected chi connectivity index (χ1v) is 5.75. The quantitative estimate of drug-likeness (QED) is 0.606. The molecule has 1 saturated carbocycles. The molecule has 1 aliphatic carbocycles. The molecule has 0 aliphatic heterocycles. The molecule has 6 heteroatoms. The molecule has 0 amide bonds. The minimum atomic E-state index is -4.61. The number of hydrogen-bond acceptors (Lipinski definition) is 2. The molecule has 0 radical (unpaired) electrons. The zero-order valence-corrected chi connectivity index (χ0v) is 10.4. The number of alkyl halides is 3. The summed E-state index contributed by atoms with van der Waals surface area (Å²) in [5, 5.41) is 0. The van der Waals surface area contributed by atoms with Crippen molar-refractivity contribution in [3.8, 4) is 0 Å². The van der Waals surface area contributed by atoms with Crippen LogP contribution in [0, 0.1) is 12.7 Å². The molecule has 1 fully saturated rings. The van der Waals surface area contributed by atoms with E-state index in [1.807, 2.05) is 0 Å². The molecule has 1 aromatic carbocycles. The van der Waals surface area contributed by atoms with Crippen molar-refractivity contribution >= 4 is 5.97 Å². The topological polar surface area (TPSA) is 26.3 Å². The molecule has 0 unspecified atom stereocenters. The van der Waals surface area contributed by atoms with E-state index < -0.39 is 34.7 Å². The number of carbonyl (C=O) groups is 1. The Hall–Kier alpha value is -1.59. The van der Waals surface area contributed by atoms with Crippen LogP contribution in [0.4, 0.5) is 17.6 Å². The summed E-state index contributed by atoms with van der Waals surface area (Å²) in [6.45, 7) is 1.10. The van der Waals surface area contributed by atoms with E-state index in [0.29, 0.717) is 12.8 Å². The van der Waals surface area contributed by atoms with Crippen LogP contribution in [0.5, 0.6) is 0 Å². The highest BCUT2D eigenvalue weighted by Gasteiger charge is 2.42. The second-order valence-corrected chi connectivity index (χ2v) is 4.59. The minimum absolute atomic E-state index is 0.0600. The van der Waals surface area contributed by atoms with Crippen LogP contribution in [0.25, 0.3) is 0 Å². The zero-order valence-electron chi connectivity index (χ0n) is 10.4. The van der Waals surface area contributed by atoms with Gasteiger partial charge in [0, 0.05) is 0 Å². The van der Waals surface area contributed by atoms with Gasteiger partial charge in [-0.15, -0.1) is 0 Å². The standard InChI is InChI=1S/C13H12F4O2/c1-6-10(12(18)19-2)9(14)5-8(7-3-4-7)11(6)13(15,16)17/h5,7H,3-4H2,1-2H3. The van der Waals surface area contributed by atoms with E-state index in [0.717, 1.165) is 20.1 Å². The molecule has 19 heavy (non-hydrogen) atoms. The minimum Gasteiger partial charge on any atom is -0.465 e. The largest absolute Gasteiger partial charge is 0.465 e. The Labute approximate surface area is 107 Å². The molecular weight excluding hydrogens is 264 g/mol. The Morgan fingerprint density at radius 1 is 1.37 bits per heavy atom. The highest BCUT2D eigenvalue weighted by Crippen LogP contribution is 2.48. The van der Waals surface area contributed by atoms with Crippen molar-refractivity contribution in [3.63, 3.8) is 0 Å². The van der Waals surface area contributed by atoms with Crippen LogP contribution in [0.15, 0.2) is 6.07 Å². The number of halogens is 4. The Morgan fingerprint density at radius 3 is 2.37 bits per heavy atom. The lowest BCUT2D eigenvalue weighted by atomic mass is 9.93. The average molecular weight is 276 g/mol. The third kappa shape index (κ3) is 2.43. The predicted molar refractivity (Wildman–Crippen MR) is 59.5 cm³/mol. The molecule has 1 aliphatic rings. The summed E-state index contributed by atoms with van der Waals surface area (Å²) in [6, 6.07) is 0.819. The van der Waals surface area contributed by atoms with Crippen molar-refractivity contribution in [2.75, 3.05) is 7.11 Å². The summed E-state index contributed by atoms with van der Waals surface area (Å²) in [5.41, 5.74) is -2.01. The molecule has 0 saturated heterocycles. The summed E-state index contributed by atoms with van der Waals surface area (Å²) in [6.07, 6.45) is -3.39. The van der Waals surface area contributed by atoms with Gasteiger partial charge in [0.15, 0.2) is 0 Å². The lowest BCUT2D eigenvalue weighted by molar-refractivity contribution is -0.138. The fourth-order valence-corrected chi connectivity index (χ4v) is 2.25. The van der Waals surface area contributed by atoms with Crippen molar-refractivity contribution in [2.45, 2.75) is 31.9 Å². The van der Waals surface area contributed by atoms with Crippen LogP contribution >= 0.6 is 0 Å². The van der Waals surface area contributed by atoms with Gasteiger partial charge in [0.2, 0.25) is 0 Å². The van der Waals surface area contributed by atoms with E-state index in [9.17, 15) is 22.4 Å². The van der Waals surface area contributed by atoms with Crippen LogP contribution in [0.2, 0.25) is 0 Å². The van der Waals surface area contributed by atoms with Crippen molar-refractivity contribution in [1.82, 2.24) is 0 Å². The normalized spacial score (nSPS) is 15.5. The van der Waals surface area contributed by atoms with E-state index in [2.05, 4.69) is 4.74 Å². The second-order valence-electron chi connectivity index (χ2n) is 4.59. The third-order valence-electron chi connectivity index (χ3n) is 3.25. The lowest BCUT2D eigenvalue weighted by Crippen LogP contribution is -2.17. The van der Waals surface area contributed by atoms with E-state index in [-0.39, 0.29) is 11.5 Å². The molecule has 0 heterocycles. The molecule has 0 N–H and O–H groups in total. The number of carbonyl (C=O) groups excluding carboxylic acids is 1. The lowest BCUT2D eigenvalue weighted by Gasteiger charge is -2.18. The van der Waals surface area contributed by atoms with Gasteiger partial charge in [-0.1, -0.05) is 0 Å². The number of esters is 1. The van der Waals surface area contributed by atoms with Crippen LogP contribution in [-0.2, 0) is 10.9 Å². The molecule has 0 spiro atoms. The first-order valence-electron chi connectivity index (χ1n) is 5.75. The van der Waals surface area contributed by atoms with Gasteiger partial charge in [-0.05, 0) is 42.9 Å². The molecule has 1 aromatic rings. The molecule has 2 nitrogen and oxygen atoms in total. The van der Waals surface area contributed by atoms with Crippen molar-refractivity contribution in [2.24, 2.45) is 0 Å². The summed E-state index contributed by atoms with van der Waals surface area (Å²) in [7, 11) is 1.00. The maximum atomic E-state index is 13.8. The van der Waals surface area contributed by atoms with Gasteiger partial charge in [-0.2, -0.15) is 13.2 Å². The van der Waals surface area contributed by atoms with Gasteiger partial charge in [-0.3, -0.25) is 0 Å². The van der Waals surface area contributed by atoms with E-state index in [4.69, 9.17) is 0 Å². The zero-order chi connectivity index (χ0) is 14.4. The van der Waals surface area contributed by atoms with Crippen LogP contribution < -0.4 is 0 Å². The number of ether oxygens (including phenoxy) is 1. The summed E-state index contributed by atoms with van der Waals surface area (Å²) >= 11 is 0. The van der Waals surface area contributed by atoms with Gasteiger partial charge in [-0.25, -0.2) is 9.18 Å². The van der Waals surface area contributed by atoms with Gasteiger partial charge < -0.3 is 4.74 Å². The first kappa shape index (κ1) is 13.8. The van der Waals surface area contributed by atoms with Crippen LogP contribution in [-0.4, -0.2) is 13.1 Å². The molecule has 0 atom stereocenters. The smallest absolute Gasteiger partial charge is 0.416 e. The Balaban J connectivity index is 2.70. The molecule has 0 bridgehead atoms. The van der Waals surface area contributed by atoms with Crippen molar-refractivity contribution < 1.29 is 27.1 Å². The summed E-state index contributed by atoms with van der Waals surface area (Å²) in [5.74, 6) is -2.32. The number of rotatable bonds is 2. The highest BCUT2D eigenvalue weighted by atomic mass is 19.4. The first-order chi connectivity index (χ1) is 8.77. The fourth-order valence-electron chi connectivity index (χ4n) is 2.25. The highest BCUT2D eigenvalue weighted by molar-refractivity contribution is 5.92. The molecule has 0 aromatic heterocycles. The average Bonchev–Trinajstić information content (AvgIpc) is 3.09. The predicted octanol–water partition coefficient (Wildman–Crippen LogP) is 3.82. The van der Waals surface area contributed by atoms with E-state index >= 15 is 0 Å². The number of hydrogen-bond donors (Lipinski definition) is 0. The van der Waals surface area contributed by atoms with E-state index in [1.165, 1.54) is 0 Å². The van der Waals surface area contributed by atoms with Crippen molar-refractivity contribution in [3.05, 3.63) is 34.1 Å². The second kappa shape index (κ2) is 4.51. The fraction of sp³-hybridized carbons (Fsp3) is 0.462. The van der Waals surface area contributed by atoms with Gasteiger partial charge in [0.1, 0.15) is 5.82 Å². The van der Waals surface area contributed by atoms with Crippen LogP contribution in [0.1, 0.15) is 45.8 Å². The molecule has 2 rings (SSSR count). The SMILES string of the molecule is COC(=O)c1c(F)cc(C2CC2)c(C(F)(F)F)c1C. The van der Waals surface area contributed by atoms with Gasteiger partial charge in [0.25, 0.3) is 0 Å². The van der Waals surface area contributed by atoms with Crippen molar-refractivity contribution in [1.29, 1.82) is 0 Å². The van der Waals surface area contributed by atoms with Crippen LogP contribution in [0.3, 0.4) is 0 Å². The molecular formula is C13H12F4O2. The number of methoxy groups -OCH3 is 1. The Kier molecular flexibility index (Phi) is 3.28. The monoisotopic (exact) mass is 276 g/mol. The Morgan fingerprint density at radius 2 is 1.95 bits per heavy atom. The molecule has 104 valence electrons. The summed E-state index contributed by atoms with van der Waals surface area (Å²) in [4.78, 5) is 11.4. The Bertz CT molecular complexity index is 530. The third-order valence-corrected chi connectivity index (χ3v) is 3.25.